The molecular formula is C19H29N5O2S. The zero-order chi connectivity index (χ0) is 19.5. The van der Waals surface area contributed by atoms with Gasteiger partial charge in [-0.1, -0.05) is 24.1 Å². The highest BCUT2D eigenvalue weighted by atomic mass is 32.2. The van der Waals surface area contributed by atoms with Gasteiger partial charge in [0.25, 0.3) is 0 Å². The molecule has 1 saturated heterocycles. The van der Waals surface area contributed by atoms with Crippen LogP contribution in [0.4, 0.5) is 0 Å². The van der Waals surface area contributed by atoms with Crippen molar-refractivity contribution in [2.45, 2.75) is 6.92 Å². The predicted octanol–water partition coefficient (Wildman–Crippen LogP) is 2.19. The van der Waals surface area contributed by atoms with Crippen molar-refractivity contribution in [3.05, 3.63) is 59.9 Å². The second kappa shape index (κ2) is 11.7. The Morgan fingerprint density at radius 2 is 2.26 bits per heavy atom. The first-order valence-electron chi connectivity index (χ1n) is 8.88. The van der Waals surface area contributed by atoms with E-state index in [2.05, 4.69) is 21.7 Å². The molecule has 8 heteroatoms. The maximum atomic E-state index is 6.17. The molecule has 7 nitrogen and oxygen atoms in total. The number of hydrazine groups is 1. The topological polar surface area (TPSA) is 75.9 Å². The number of rotatable bonds is 4. The van der Waals surface area contributed by atoms with E-state index in [-0.39, 0.29) is 0 Å². The second-order valence-electron chi connectivity index (χ2n) is 5.80. The molecule has 0 bridgehead atoms. The number of hydrogen-bond donors (Lipinski definition) is 2. The number of likely N-dealkylation sites (N-methyl/N-ethyl adjacent to an activating group) is 1. The fourth-order valence-electron chi connectivity index (χ4n) is 2.46. The van der Waals surface area contributed by atoms with Gasteiger partial charge in [-0.3, -0.25) is 14.3 Å². The first-order chi connectivity index (χ1) is 13.2. The quantitative estimate of drug-likeness (QED) is 0.460. The first-order valence-corrected chi connectivity index (χ1v) is 9.83. The monoisotopic (exact) mass is 391 g/mol. The van der Waals surface area contributed by atoms with Crippen molar-refractivity contribution in [1.82, 2.24) is 19.6 Å². The molecule has 0 amide bonds. The van der Waals surface area contributed by atoms with Crippen molar-refractivity contribution in [3.63, 3.8) is 0 Å². The molecule has 27 heavy (non-hydrogen) atoms. The minimum absolute atomic E-state index is 0.611. The van der Waals surface area contributed by atoms with Crippen molar-refractivity contribution >= 4 is 17.6 Å². The predicted molar refractivity (Wildman–Crippen MR) is 111 cm³/mol. The Morgan fingerprint density at radius 1 is 1.41 bits per heavy atom. The molecule has 0 aromatic carbocycles. The molecule has 1 aromatic heterocycles. The molecule has 1 fully saturated rings. The van der Waals surface area contributed by atoms with Gasteiger partial charge in [-0.15, -0.1) is 0 Å². The lowest BCUT2D eigenvalue weighted by atomic mass is 10.2. The molecule has 1 aromatic rings. The largest absolute Gasteiger partial charge is 0.483 e. The van der Waals surface area contributed by atoms with Gasteiger partial charge in [-0.25, -0.2) is 5.84 Å². The van der Waals surface area contributed by atoms with E-state index < -0.39 is 0 Å². The number of nitrogens with two attached hydrogens (primary N) is 1. The van der Waals surface area contributed by atoms with Gasteiger partial charge in [0.2, 0.25) is 0 Å². The van der Waals surface area contributed by atoms with Gasteiger partial charge in [0.05, 0.1) is 44.0 Å². The number of nitrogens with zero attached hydrogens (tertiary/aromatic N) is 3. The fraction of sp³-hybridized carbons (Fsp3) is 0.421. The van der Waals surface area contributed by atoms with Crippen LogP contribution < -0.4 is 11.2 Å². The molecule has 2 aliphatic heterocycles. The van der Waals surface area contributed by atoms with Crippen molar-refractivity contribution in [3.8, 4) is 0 Å². The number of nitrogens with one attached hydrogen (secondary N) is 1. The van der Waals surface area contributed by atoms with E-state index in [9.17, 15) is 0 Å². The van der Waals surface area contributed by atoms with Crippen LogP contribution >= 0.6 is 11.9 Å². The van der Waals surface area contributed by atoms with Gasteiger partial charge in [0, 0.05) is 18.5 Å². The van der Waals surface area contributed by atoms with Crippen LogP contribution in [0.3, 0.4) is 0 Å². The Morgan fingerprint density at radius 3 is 2.89 bits per heavy atom. The van der Waals surface area contributed by atoms with Crippen LogP contribution in [-0.4, -0.2) is 60.5 Å². The minimum Gasteiger partial charge on any atom is -0.483 e. The summed E-state index contributed by atoms with van der Waals surface area (Å²) in [7, 11) is 3.72. The van der Waals surface area contributed by atoms with Crippen molar-refractivity contribution in [2.75, 3.05) is 46.2 Å². The number of aromatic nitrogens is 1. The summed E-state index contributed by atoms with van der Waals surface area (Å²) in [6.07, 6.45) is 7.48. The van der Waals surface area contributed by atoms with Gasteiger partial charge in [-0.05, 0) is 38.3 Å². The molecular weight excluding hydrogens is 362 g/mol. The minimum atomic E-state index is 0.611. The van der Waals surface area contributed by atoms with Gasteiger partial charge in [-0.2, -0.15) is 0 Å². The van der Waals surface area contributed by atoms with Crippen LogP contribution in [0, 0.1) is 0 Å². The average Bonchev–Trinajstić information content (AvgIpc) is 2.97. The Hall–Kier alpha value is -2.00. The van der Waals surface area contributed by atoms with Crippen LogP contribution in [0.25, 0.3) is 5.70 Å². The number of pyridine rings is 1. The first kappa shape index (κ1) is 21.3. The Balaban J connectivity index is 0.000000273. The van der Waals surface area contributed by atoms with Crippen molar-refractivity contribution in [1.29, 1.82) is 0 Å². The van der Waals surface area contributed by atoms with E-state index in [4.69, 9.17) is 15.3 Å². The molecule has 0 saturated carbocycles. The molecule has 0 aliphatic carbocycles. The lowest BCUT2D eigenvalue weighted by Gasteiger charge is -2.26. The van der Waals surface area contributed by atoms with Crippen LogP contribution in [0.15, 0.2) is 54.2 Å². The summed E-state index contributed by atoms with van der Waals surface area (Å²) in [5, 5.41) is 4.77. The summed E-state index contributed by atoms with van der Waals surface area (Å²) in [6, 6.07) is 5.76. The molecule has 148 valence electrons. The maximum Gasteiger partial charge on any atom is 0.186 e. The highest BCUT2D eigenvalue weighted by Crippen LogP contribution is 2.19. The third kappa shape index (κ3) is 6.91. The van der Waals surface area contributed by atoms with Crippen LogP contribution in [0.1, 0.15) is 12.6 Å². The summed E-state index contributed by atoms with van der Waals surface area (Å²) in [5.41, 5.74) is 2.65. The zero-order valence-electron chi connectivity index (χ0n) is 16.2. The highest BCUT2D eigenvalue weighted by molar-refractivity contribution is 7.97. The van der Waals surface area contributed by atoms with E-state index >= 15 is 0 Å². The smallest absolute Gasteiger partial charge is 0.186 e. The summed E-state index contributed by atoms with van der Waals surface area (Å²) in [4.78, 5) is 4.32. The van der Waals surface area contributed by atoms with Gasteiger partial charge >= 0.3 is 0 Å². The van der Waals surface area contributed by atoms with Crippen LogP contribution in [0.2, 0.25) is 0 Å². The third-order valence-corrected chi connectivity index (χ3v) is 4.92. The summed E-state index contributed by atoms with van der Waals surface area (Å²) >= 11 is 1.85. The average molecular weight is 392 g/mol. The zero-order valence-corrected chi connectivity index (χ0v) is 17.0. The number of dihydropyridines is 1. The fourth-order valence-corrected chi connectivity index (χ4v) is 3.17. The van der Waals surface area contributed by atoms with Gasteiger partial charge in [0.15, 0.2) is 5.88 Å². The lowest BCUT2D eigenvalue weighted by Crippen LogP contribution is -2.35. The molecule has 0 radical (unpaired) electrons. The van der Waals surface area contributed by atoms with Gasteiger partial charge in [0.1, 0.15) is 0 Å². The van der Waals surface area contributed by atoms with E-state index in [1.807, 2.05) is 55.3 Å². The summed E-state index contributed by atoms with van der Waals surface area (Å²) in [5.74, 6) is 8.01. The van der Waals surface area contributed by atoms with Crippen LogP contribution in [0.5, 0.6) is 0 Å². The molecule has 3 heterocycles. The Bertz CT molecular complexity index is 655. The highest BCUT2D eigenvalue weighted by Gasteiger charge is 2.15. The van der Waals surface area contributed by atoms with E-state index in [1.165, 1.54) is 0 Å². The van der Waals surface area contributed by atoms with Crippen LogP contribution in [-0.2, 0) is 9.47 Å². The lowest BCUT2D eigenvalue weighted by molar-refractivity contribution is 0.150. The SMILES string of the molecule is C/C=C(/c1ccccn1)N(N)C1=CC=C(OC)NC1.CN1CCOCCS1. The molecule has 3 rings (SSSR count). The van der Waals surface area contributed by atoms with E-state index in [0.717, 1.165) is 48.5 Å². The molecule has 2 aliphatic rings. The molecule has 0 atom stereocenters. The van der Waals surface area contributed by atoms with E-state index in [0.29, 0.717) is 6.54 Å². The summed E-state index contributed by atoms with van der Waals surface area (Å²) in [6.45, 7) is 5.42. The number of methoxy groups -OCH3 is 1. The second-order valence-corrected chi connectivity index (χ2v) is 7.09. The maximum absolute atomic E-state index is 6.17. The third-order valence-electron chi connectivity index (χ3n) is 3.95. The van der Waals surface area contributed by atoms with E-state index in [1.54, 1.807) is 18.3 Å². The summed E-state index contributed by atoms with van der Waals surface area (Å²) < 4.78 is 12.5. The Kier molecular flexibility index (Phi) is 9.20. The number of hydrogen-bond acceptors (Lipinski definition) is 8. The van der Waals surface area contributed by atoms with Crippen molar-refractivity contribution < 1.29 is 9.47 Å². The molecule has 0 unspecified atom stereocenters. The number of allylic oxidation sites excluding steroid dienone is 3. The molecule has 0 spiro atoms. The molecule has 3 N–H and O–H groups in total. The van der Waals surface area contributed by atoms with Gasteiger partial charge < -0.3 is 14.8 Å². The van der Waals surface area contributed by atoms with Crippen molar-refractivity contribution in [2.24, 2.45) is 5.84 Å². The normalized spacial score (nSPS) is 18.1. The standard InChI is InChI=1S/C14H18N4O.C5H11NOS/c1-3-13(12-6-4-5-9-16-12)18(15)11-7-8-14(19-2)17-10-11;1-6-2-3-7-4-5-8-6/h3-9,17H,10,15H2,1-2H3;2-5H2,1H3/b13-3-;. The number of ether oxygens (including phenoxy) is 2. The Labute approximate surface area is 166 Å².